The molecule has 0 saturated carbocycles. The first-order valence-corrected chi connectivity index (χ1v) is 15.0. The van der Waals surface area contributed by atoms with Crippen molar-refractivity contribution in [2.75, 3.05) is 4.90 Å². The number of amides is 1. The lowest BCUT2D eigenvalue weighted by Gasteiger charge is -2.43. The van der Waals surface area contributed by atoms with Gasteiger partial charge in [-0.3, -0.25) is 0 Å². The van der Waals surface area contributed by atoms with Gasteiger partial charge in [0.15, 0.2) is 0 Å². The number of carbonyl (C=O) groups is 2. The van der Waals surface area contributed by atoms with Crippen LogP contribution in [-0.4, -0.2) is 17.2 Å². The standard InChI is InChI=1S/C40H27NO5/c42-38(43)29-15-5-11-21-37(29)46-27-22-23-32-30(24-27)28-14-4-6-16-31(28)40(32)33-17-7-9-19-35(33)41(36-20-10-8-18-34(36)40)39(44)45-25-26-12-2-1-3-13-26/h1-24H,25H2,(H,42,43). The minimum atomic E-state index is -1.05. The van der Waals surface area contributed by atoms with Crippen LogP contribution < -0.4 is 9.64 Å². The van der Waals surface area contributed by atoms with Crippen LogP contribution >= 0.6 is 0 Å². The summed E-state index contributed by atoms with van der Waals surface area (Å²) in [6.45, 7) is 0.158. The molecule has 6 nitrogen and oxygen atoms in total. The number of rotatable bonds is 5. The lowest BCUT2D eigenvalue weighted by atomic mass is 9.65. The van der Waals surface area contributed by atoms with Gasteiger partial charge in [0.25, 0.3) is 0 Å². The summed E-state index contributed by atoms with van der Waals surface area (Å²) < 4.78 is 12.1. The number of para-hydroxylation sites is 3. The Morgan fingerprint density at radius 1 is 0.609 bits per heavy atom. The lowest BCUT2D eigenvalue weighted by Crippen LogP contribution is -2.40. The van der Waals surface area contributed by atoms with Crippen LogP contribution in [0.3, 0.4) is 0 Å². The summed E-state index contributed by atoms with van der Waals surface area (Å²) in [7, 11) is 0. The summed E-state index contributed by atoms with van der Waals surface area (Å²) in [5, 5.41) is 9.72. The molecule has 0 saturated heterocycles. The number of ether oxygens (including phenoxy) is 2. The molecular weight excluding hydrogens is 574 g/mol. The zero-order valence-corrected chi connectivity index (χ0v) is 24.6. The second-order valence-corrected chi connectivity index (χ2v) is 11.3. The van der Waals surface area contributed by atoms with E-state index in [4.69, 9.17) is 9.47 Å². The third-order valence-electron chi connectivity index (χ3n) is 8.85. The molecule has 1 heterocycles. The molecule has 0 radical (unpaired) electrons. The molecule has 6 aromatic rings. The topological polar surface area (TPSA) is 76.1 Å². The maximum atomic E-state index is 13.9. The first-order valence-electron chi connectivity index (χ1n) is 15.0. The molecule has 2 aliphatic rings. The average Bonchev–Trinajstić information content (AvgIpc) is 3.38. The van der Waals surface area contributed by atoms with Gasteiger partial charge in [-0.1, -0.05) is 109 Å². The number of aromatic carboxylic acids is 1. The fraction of sp³-hybridized carbons (Fsp3) is 0.0500. The van der Waals surface area contributed by atoms with Crippen LogP contribution in [0.15, 0.2) is 146 Å². The number of carboxylic acids is 1. The van der Waals surface area contributed by atoms with Crippen LogP contribution in [0.1, 0.15) is 38.2 Å². The molecule has 6 heteroatoms. The average molecular weight is 602 g/mol. The van der Waals surface area contributed by atoms with Crippen molar-refractivity contribution in [1.29, 1.82) is 0 Å². The van der Waals surface area contributed by atoms with E-state index in [9.17, 15) is 14.7 Å². The van der Waals surface area contributed by atoms with Crippen LogP contribution in [0.25, 0.3) is 11.1 Å². The van der Waals surface area contributed by atoms with Crippen molar-refractivity contribution in [2.45, 2.75) is 12.0 Å². The predicted octanol–water partition coefficient (Wildman–Crippen LogP) is 9.33. The van der Waals surface area contributed by atoms with Crippen molar-refractivity contribution < 1.29 is 24.2 Å². The number of anilines is 2. The van der Waals surface area contributed by atoms with Crippen molar-refractivity contribution in [3.05, 3.63) is 179 Å². The zero-order valence-electron chi connectivity index (χ0n) is 24.6. The van der Waals surface area contributed by atoms with Gasteiger partial charge in [-0.15, -0.1) is 0 Å². The van der Waals surface area contributed by atoms with Gasteiger partial charge in [-0.25, -0.2) is 14.5 Å². The van der Waals surface area contributed by atoms with E-state index in [1.165, 1.54) is 6.07 Å². The molecular formula is C40H27NO5. The largest absolute Gasteiger partial charge is 0.478 e. The smallest absolute Gasteiger partial charge is 0.419 e. The van der Waals surface area contributed by atoms with E-state index in [1.54, 1.807) is 23.1 Å². The Hall–Kier alpha value is -6.14. The number of fused-ring (bicyclic) bond motifs is 9. The quantitative estimate of drug-likeness (QED) is 0.213. The summed E-state index contributed by atoms with van der Waals surface area (Å²) in [6.07, 6.45) is -0.453. The highest BCUT2D eigenvalue weighted by atomic mass is 16.6. The molecule has 1 aliphatic heterocycles. The van der Waals surface area contributed by atoms with Gasteiger partial charge in [0.05, 0.1) is 16.8 Å². The Bertz CT molecular complexity index is 2110. The highest BCUT2D eigenvalue weighted by molar-refractivity contribution is 6.03. The minimum Gasteiger partial charge on any atom is -0.478 e. The zero-order chi connectivity index (χ0) is 31.3. The van der Waals surface area contributed by atoms with Crippen LogP contribution in [-0.2, 0) is 16.8 Å². The maximum Gasteiger partial charge on any atom is 0.419 e. The molecule has 1 spiro atoms. The fourth-order valence-electron chi connectivity index (χ4n) is 6.99. The number of benzene rings is 6. The van der Waals surface area contributed by atoms with E-state index < -0.39 is 17.5 Å². The van der Waals surface area contributed by atoms with Crippen LogP contribution in [0.4, 0.5) is 16.2 Å². The number of hydrogen-bond acceptors (Lipinski definition) is 4. The normalized spacial score (nSPS) is 13.3. The SMILES string of the molecule is O=C(O)c1ccccc1Oc1ccc2c(c1)-c1ccccc1C21c2ccccc2N(C(=O)OCc2ccccc2)c2ccccc21. The minimum absolute atomic E-state index is 0.0919. The molecule has 46 heavy (non-hydrogen) atoms. The Morgan fingerprint density at radius 3 is 1.91 bits per heavy atom. The molecule has 1 amide bonds. The van der Waals surface area contributed by atoms with Crippen molar-refractivity contribution in [3.63, 3.8) is 0 Å². The number of hydrogen-bond donors (Lipinski definition) is 1. The van der Waals surface area contributed by atoms with E-state index in [0.29, 0.717) is 5.75 Å². The summed E-state index contributed by atoms with van der Waals surface area (Å²) in [5.41, 5.74) is 7.84. The first kappa shape index (κ1) is 27.4. The Labute approximate surface area is 265 Å². The highest BCUT2D eigenvalue weighted by Gasteiger charge is 2.52. The molecule has 0 bridgehead atoms. The summed E-state index contributed by atoms with van der Waals surface area (Å²) in [6, 6.07) is 46.5. The van der Waals surface area contributed by atoms with Gasteiger partial charge in [0.2, 0.25) is 0 Å². The third-order valence-corrected chi connectivity index (χ3v) is 8.85. The summed E-state index contributed by atoms with van der Waals surface area (Å²) in [5.74, 6) is -0.250. The van der Waals surface area contributed by atoms with Crippen molar-refractivity contribution in [2.24, 2.45) is 0 Å². The second-order valence-electron chi connectivity index (χ2n) is 11.3. The lowest BCUT2D eigenvalue weighted by molar-refractivity contribution is 0.0694. The first-order chi connectivity index (χ1) is 22.6. The molecule has 8 rings (SSSR count). The van der Waals surface area contributed by atoms with Crippen molar-refractivity contribution >= 4 is 23.4 Å². The maximum absolute atomic E-state index is 13.9. The molecule has 222 valence electrons. The van der Waals surface area contributed by atoms with E-state index in [0.717, 1.165) is 50.3 Å². The molecule has 1 N–H and O–H groups in total. The molecule has 0 atom stereocenters. The molecule has 0 unspecified atom stereocenters. The Kier molecular flexibility index (Phi) is 6.43. The Morgan fingerprint density at radius 2 is 1.20 bits per heavy atom. The summed E-state index contributed by atoms with van der Waals surface area (Å²) >= 11 is 0. The van der Waals surface area contributed by atoms with Gasteiger partial charge in [-0.2, -0.15) is 0 Å². The van der Waals surface area contributed by atoms with Gasteiger partial charge < -0.3 is 14.6 Å². The number of carbonyl (C=O) groups excluding carboxylic acids is 1. The number of carboxylic acid groups (broad SMARTS) is 1. The highest BCUT2D eigenvalue weighted by Crippen LogP contribution is 2.62. The molecule has 6 aromatic carbocycles. The van der Waals surface area contributed by atoms with Gasteiger partial charge in [-0.05, 0) is 75.3 Å². The van der Waals surface area contributed by atoms with E-state index in [2.05, 4.69) is 30.3 Å². The molecule has 0 fully saturated rings. The van der Waals surface area contributed by atoms with E-state index in [-0.39, 0.29) is 17.9 Å². The Balaban J connectivity index is 1.30. The van der Waals surface area contributed by atoms with Crippen LogP contribution in [0.2, 0.25) is 0 Å². The second kappa shape index (κ2) is 10.8. The molecule has 1 aliphatic carbocycles. The summed E-state index contributed by atoms with van der Waals surface area (Å²) in [4.78, 5) is 27.5. The number of nitrogens with zero attached hydrogens (tertiary/aromatic N) is 1. The van der Waals surface area contributed by atoms with E-state index >= 15 is 0 Å². The van der Waals surface area contributed by atoms with Gasteiger partial charge in [0, 0.05) is 0 Å². The van der Waals surface area contributed by atoms with E-state index in [1.807, 2.05) is 91.0 Å². The predicted molar refractivity (Wildman–Crippen MR) is 176 cm³/mol. The van der Waals surface area contributed by atoms with Crippen molar-refractivity contribution in [3.8, 4) is 22.6 Å². The molecule has 0 aromatic heterocycles. The fourth-order valence-corrected chi connectivity index (χ4v) is 6.99. The third kappa shape index (κ3) is 4.11. The van der Waals surface area contributed by atoms with Crippen LogP contribution in [0, 0.1) is 0 Å². The van der Waals surface area contributed by atoms with Crippen LogP contribution in [0.5, 0.6) is 11.5 Å². The van der Waals surface area contributed by atoms with Crippen molar-refractivity contribution in [1.82, 2.24) is 0 Å². The van der Waals surface area contributed by atoms with Gasteiger partial charge in [0.1, 0.15) is 23.7 Å². The van der Waals surface area contributed by atoms with Gasteiger partial charge >= 0.3 is 12.1 Å². The monoisotopic (exact) mass is 601 g/mol.